The molecule has 0 saturated heterocycles. The van der Waals surface area contributed by atoms with Gasteiger partial charge < -0.3 is 19.8 Å². The van der Waals surface area contributed by atoms with Gasteiger partial charge in [-0.3, -0.25) is 19.0 Å². The highest BCUT2D eigenvalue weighted by Gasteiger charge is 2.21. The summed E-state index contributed by atoms with van der Waals surface area (Å²) in [5.41, 5.74) is 2.59. The van der Waals surface area contributed by atoms with E-state index in [0.29, 0.717) is 12.3 Å². The molecule has 0 bridgehead atoms. The molecule has 0 atom stereocenters. The average molecular weight is 463 g/mol. The van der Waals surface area contributed by atoms with Gasteiger partial charge in [0.05, 0.1) is 18.1 Å². The van der Waals surface area contributed by atoms with E-state index < -0.39 is 5.91 Å². The molecule has 176 valence electrons. The second kappa shape index (κ2) is 10.1. The lowest BCUT2D eigenvalue weighted by Gasteiger charge is -2.08. The Balaban J connectivity index is 1.36. The second-order valence-corrected chi connectivity index (χ2v) is 7.74. The van der Waals surface area contributed by atoms with E-state index in [1.165, 1.54) is 16.4 Å². The molecule has 34 heavy (non-hydrogen) atoms. The average Bonchev–Trinajstić information content (AvgIpc) is 3.57. The Hall–Kier alpha value is -4.34. The lowest BCUT2D eigenvalue weighted by atomic mass is 10.2. The highest BCUT2D eigenvalue weighted by molar-refractivity contribution is 6.07. The predicted octanol–water partition coefficient (Wildman–Crippen LogP) is 3.07. The fourth-order valence-corrected chi connectivity index (χ4v) is 3.36. The molecule has 2 amide bonds. The number of amides is 2. The number of carbonyl (C=O) groups is 2. The number of aromatic nitrogens is 4. The lowest BCUT2D eigenvalue weighted by molar-refractivity contribution is 0.0942. The van der Waals surface area contributed by atoms with E-state index >= 15 is 0 Å². The van der Waals surface area contributed by atoms with Crippen LogP contribution in [0.4, 0.5) is 5.69 Å². The molecule has 0 saturated carbocycles. The van der Waals surface area contributed by atoms with Crippen molar-refractivity contribution >= 4 is 17.5 Å². The fraction of sp³-hybridized carbons (Fsp3) is 0.250. The molecule has 0 spiro atoms. The number of nitrogens with zero attached hydrogens (tertiary/aromatic N) is 4. The van der Waals surface area contributed by atoms with E-state index in [9.17, 15) is 9.59 Å². The molecule has 10 nitrogen and oxygen atoms in total. The predicted molar refractivity (Wildman–Crippen MR) is 124 cm³/mol. The SMILES string of the molecule is CCc1ccc(OCc2ccc(C(=O)Nc3cnn(C)c3C(=O)NCc3cnn(C)c3)o2)cc1. The molecule has 2 N–H and O–H groups in total. The fourth-order valence-electron chi connectivity index (χ4n) is 3.36. The molecule has 1 aromatic carbocycles. The zero-order valence-corrected chi connectivity index (χ0v) is 19.2. The topological polar surface area (TPSA) is 116 Å². The first-order chi connectivity index (χ1) is 16.4. The summed E-state index contributed by atoms with van der Waals surface area (Å²) in [6, 6.07) is 11.1. The number of hydrogen-bond donors (Lipinski definition) is 2. The number of furan rings is 1. The highest BCUT2D eigenvalue weighted by Crippen LogP contribution is 2.19. The van der Waals surface area contributed by atoms with Gasteiger partial charge >= 0.3 is 0 Å². The minimum Gasteiger partial charge on any atom is -0.486 e. The zero-order valence-electron chi connectivity index (χ0n) is 19.2. The van der Waals surface area contributed by atoms with Gasteiger partial charge in [-0.2, -0.15) is 10.2 Å². The first-order valence-electron chi connectivity index (χ1n) is 10.8. The number of rotatable bonds is 9. The smallest absolute Gasteiger partial charge is 0.291 e. The summed E-state index contributed by atoms with van der Waals surface area (Å²) in [5, 5.41) is 13.7. The first kappa shape index (κ1) is 22.8. The maximum absolute atomic E-state index is 12.7. The number of carbonyl (C=O) groups excluding carboxylic acids is 2. The van der Waals surface area contributed by atoms with Crippen molar-refractivity contribution in [2.24, 2.45) is 14.1 Å². The van der Waals surface area contributed by atoms with E-state index in [-0.39, 0.29) is 29.7 Å². The molecule has 4 aromatic rings. The van der Waals surface area contributed by atoms with Crippen molar-refractivity contribution in [3.05, 3.63) is 83.3 Å². The minimum atomic E-state index is -0.493. The Kier molecular flexibility index (Phi) is 6.77. The van der Waals surface area contributed by atoms with Crippen molar-refractivity contribution in [1.29, 1.82) is 0 Å². The lowest BCUT2D eigenvalue weighted by Crippen LogP contribution is -2.26. The monoisotopic (exact) mass is 462 g/mol. The molecule has 0 aliphatic carbocycles. The van der Waals surface area contributed by atoms with Crippen molar-refractivity contribution in [3.63, 3.8) is 0 Å². The summed E-state index contributed by atoms with van der Waals surface area (Å²) in [6.45, 7) is 2.58. The number of anilines is 1. The van der Waals surface area contributed by atoms with E-state index in [2.05, 4.69) is 27.8 Å². The van der Waals surface area contributed by atoms with Crippen molar-refractivity contribution in [2.45, 2.75) is 26.5 Å². The summed E-state index contributed by atoms with van der Waals surface area (Å²) in [6.07, 6.45) is 5.86. The van der Waals surface area contributed by atoms with Crippen LogP contribution in [0.25, 0.3) is 0 Å². The van der Waals surface area contributed by atoms with Crippen LogP contribution >= 0.6 is 0 Å². The van der Waals surface area contributed by atoms with Gasteiger partial charge in [0.1, 0.15) is 23.8 Å². The van der Waals surface area contributed by atoms with Crippen LogP contribution in [-0.4, -0.2) is 31.4 Å². The molecule has 0 aliphatic heterocycles. The van der Waals surface area contributed by atoms with Crippen molar-refractivity contribution in [3.8, 4) is 5.75 Å². The van der Waals surface area contributed by atoms with Crippen LogP contribution < -0.4 is 15.4 Å². The van der Waals surface area contributed by atoms with Crippen molar-refractivity contribution in [1.82, 2.24) is 24.9 Å². The molecular weight excluding hydrogens is 436 g/mol. The Labute approximate surface area is 196 Å². The summed E-state index contributed by atoms with van der Waals surface area (Å²) >= 11 is 0. The highest BCUT2D eigenvalue weighted by atomic mass is 16.5. The van der Waals surface area contributed by atoms with E-state index in [0.717, 1.165) is 17.7 Å². The Morgan fingerprint density at radius 2 is 1.79 bits per heavy atom. The molecule has 0 fully saturated rings. The number of benzene rings is 1. The largest absolute Gasteiger partial charge is 0.486 e. The van der Waals surface area contributed by atoms with E-state index in [4.69, 9.17) is 9.15 Å². The third-order valence-electron chi connectivity index (χ3n) is 5.21. The number of aryl methyl sites for hydroxylation is 3. The quantitative estimate of drug-likeness (QED) is 0.395. The molecule has 0 radical (unpaired) electrons. The maximum Gasteiger partial charge on any atom is 0.291 e. The molecule has 3 aromatic heterocycles. The number of nitrogens with one attached hydrogen (secondary N) is 2. The van der Waals surface area contributed by atoms with Crippen LogP contribution in [0.1, 0.15) is 44.9 Å². The molecule has 0 unspecified atom stereocenters. The Morgan fingerprint density at radius 1 is 1.00 bits per heavy atom. The van der Waals surface area contributed by atoms with Crippen LogP contribution in [0.15, 0.2) is 59.4 Å². The van der Waals surface area contributed by atoms with Crippen LogP contribution in [0, 0.1) is 0 Å². The minimum absolute atomic E-state index is 0.102. The van der Waals surface area contributed by atoms with Gasteiger partial charge in [-0.15, -0.1) is 0 Å². The van der Waals surface area contributed by atoms with Gasteiger partial charge in [-0.25, -0.2) is 0 Å². The van der Waals surface area contributed by atoms with Gasteiger partial charge in [0.2, 0.25) is 0 Å². The number of hydrogen-bond acceptors (Lipinski definition) is 6. The normalized spacial score (nSPS) is 10.8. The molecular formula is C24H26N6O4. The first-order valence-corrected chi connectivity index (χ1v) is 10.8. The number of ether oxygens (including phenoxy) is 1. The molecule has 0 aliphatic rings. The zero-order chi connectivity index (χ0) is 24.1. The molecule has 3 heterocycles. The molecule has 4 rings (SSSR count). The Bertz CT molecular complexity index is 1290. The maximum atomic E-state index is 12.7. The summed E-state index contributed by atoms with van der Waals surface area (Å²) in [7, 11) is 3.43. The third-order valence-corrected chi connectivity index (χ3v) is 5.21. The summed E-state index contributed by atoms with van der Waals surface area (Å²) in [4.78, 5) is 25.4. The van der Waals surface area contributed by atoms with Crippen LogP contribution in [-0.2, 0) is 33.7 Å². The molecule has 10 heteroatoms. The van der Waals surface area contributed by atoms with Gasteiger partial charge in [0, 0.05) is 32.4 Å². The van der Waals surface area contributed by atoms with Crippen LogP contribution in [0.2, 0.25) is 0 Å². The van der Waals surface area contributed by atoms with Crippen LogP contribution in [0.3, 0.4) is 0 Å². The van der Waals surface area contributed by atoms with Crippen molar-refractivity contribution in [2.75, 3.05) is 5.32 Å². The van der Waals surface area contributed by atoms with E-state index in [1.54, 1.807) is 37.1 Å². The van der Waals surface area contributed by atoms with Crippen molar-refractivity contribution < 1.29 is 18.7 Å². The third kappa shape index (κ3) is 5.34. The van der Waals surface area contributed by atoms with Gasteiger partial charge in [0.15, 0.2) is 5.76 Å². The van der Waals surface area contributed by atoms with E-state index in [1.807, 2.05) is 30.5 Å². The van der Waals surface area contributed by atoms with Gasteiger partial charge in [-0.05, 0) is 36.2 Å². The second-order valence-electron chi connectivity index (χ2n) is 7.74. The summed E-state index contributed by atoms with van der Waals surface area (Å²) in [5.74, 6) is 0.461. The van der Waals surface area contributed by atoms with Gasteiger partial charge in [0.25, 0.3) is 11.8 Å². The van der Waals surface area contributed by atoms with Crippen LogP contribution in [0.5, 0.6) is 5.75 Å². The standard InChI is InChI=1S/C24H26N6O4/c1-4-16-5-7-18(8-6-16)33-15-19-9-10-21(34-19)23(31)28-20-13-27-30(3)22(20)24(32)25-11-17-12-26-29(2)14-17/h5-10,12-14H,4,11,15H2,1-3H3,(H,25,32)(H,28,31). The Morgan fingerprint density at radius 3 is 2.50 bits per heavy atom. The summed E-state index contributed by atoms with van der Waals surface area (Å²) < 4.78 is 14.4. The van der Waals surface area contributed by atoms with Gasteiger partial charge in [-0.1, -0.05) is 19.1 Å².